The normalized spacial score (nSPS) is 14.2. The molecule has 0 spiro atoms. The van der Waals surface area contributed by atoms with Gasteiger partial charge < -0.3 is 14.6 Å². The maximum absolute atomic E-state index is 14.5. The molecule has 5 nitrogen and oxygen atoms in total. The predicted molar refractivity (Wildman–Crippen MR) is 93.6 cm³/mol. The van der Waals surface area contributed by atoms with Gasteiger partial charge in [-0.1, -0.05) is 12.1 Å². The number of aromatic amines is 1. The van der Waals surface area contributed by atoms with Gasteiger partial charge in [0.05, 0.1) is 27.7 Å². The van der Waals surface area contributed by atoms with E-state index in [1.165, 1.54) is 6.07 Å². The minimum Gasteiger partial charge on any atom is -0.490 e. The van der Waals surface area contributed by atoms with Crippen LogP contribution in [0.25, 0.3) is 10.9 Å². The van der Waals surface area contributed by atoms with E-state index in [-0.39, 0.29) is 0 Å². The number of benzene rings is 2. The second-order valence-electron chi connectivity index (χ2n) is 5.47. The zero-order valence-electron chi connectivity index (χ0n) is 12.6. The second-order valence-corrected chi connectivity index (χ2v) is 6.32. The van der Waals surface area contributed by atoms with Gasteiger partial charge in [-0.15, -0.1) is 0 Å². The van der Waals surface area contributed by atoms with Crippen LogP contribution in [-0.4, -0.2) is 23.1 Å². The Balaban J connectivity index is 2.02. The van der Waals surface area contributed by atoms with Crippen molar-refractivity contribution in [3.05, 3.63) is 57.2 Å². The average molecular weight is 390 g/mol. The third-order valence-corrected chi connectivity index (χ3v) is 4.58. The summed E-state index contributed by atoms with van der Waals surface area (Å²) in [5.74, 6) is 0.547. The van der Waals surface area contributed by atoms with Crippen LogP contribution in [0, 0.1) is 5.82 Å². The molecule has 1 aliphatic rings. The topological polar surface area (TPSA) is 58.2 Å². The van der Waals surface area contributed by atoms with Crippen LogP contribution in [0.2, 0.25) is 0 Å². The van der Waals surface area contributed by atoms with E-state index in [4.69, 9.17) is 4.74 Å². The summed E-state index contributed by atoms with van der Waals surface area (Å²) < 4.78 is 21.1. The third-order valence-electron chi connectivity index (χ3n) is 3.95. The number of halogens is 2. The van der Waals surface area contributed by atoms with Gasteiger partial charge in [0.2, 0.25) is 0 Å². The molecule has 0 radical (unpaired) electrons. The van der Waals surface area contributed by atoms with Gasteiger partial charge in [-0.05, 0) is 46.6 Å². The quantitative estimate of drug-likeness (QED) is 0.688. The Hall–Kier alpha value is -2.41. The van der Waals surface area contributed by atoms with Crippen LogP contribution in [0.5, 0.6) is 5.75 Å². The molecule has 122 valence electrons. The summed E-state index contributed by atoms with van der Waals surface area (Å²) in [4.78, 5) is 20.5. The molecule has 0 unspecified atom stereocenters. The van der Waals surface area contributed by atoms with E-state index in [9.17, 15) is 9.18 Å². The van der Waals surface area contributed by atoms with Gasteiger partial charge in [0.1, 0.15) is 5.82 Å². The molecule has 0 bridgehead atoms. The Morgan fingerprint density at radius 3 is 2.96 bits per heavy atom. The number of H-pyrrole nitrogens is 1. The lowest BCUT2D eigenvalue weighted by Crippen LogP contribution is -2.23. The average Bonchev–Trinajstić information content (AvgIpc) is 2.77. The molecule has 24 heavy (non-hydrogen) atoms. The number of rotatable bonds is 1. The fraction of sp³-hybridized carbons (Fsp3) is 0.176. The first-order valence-corrected chi connectivity index (χ1v) is 8.32. The molecule has 0 saturated carbocycles. The minimum atomic E-state index is -0.509. The first-order valence-electron chi connectivity index (χ1n) is 7.52. The number of aromatic nitrogens is 2. The SMILES string of the molecule is O=c1nc(N2CCCOc3c(Br)cccc32)c2c(F)cccc2[nH]1. The molecule has 4 rings (SSSR count). The Morgan fingerprint density at radius 1 is 1.25 bits per heavy atom. The number of nitrogens with one attached hydrogen (secondary N) is 1. The van der Waals surface area contributed by atoms with Gasteiger partial charge in [-0.2, -0.15) is 4.98 Å². The van der Waals surface area contributed by atoms with E-state index in [1.54, 1.807) is 12.1 Å². The van der Waals surface area contributed by atoms with E-state index < -0.39 is 11.5 Å². The first kappa shape index (κ1) is 15.1. The molecule has 0 fully saturated rings. The molecule has 0 aliphatic carbocycles. The fourth-order valence-corrected chi connectivity index (χ4v) is 3.41. The van der Waals surface area contributed by atoms with Crippen molar-refractivity contribution in [2.24, 2.45) is 0 Å². The van der Waals surface area contributed by atoms with Crippen molar-refractivity contribution in [2.75, 3.05) is 18.1 Å². The van der Waals surface area contributed by atoms with Crippen LogP contribution in [0.3, 0.4) is 0 Å². The van der Waals surface area contributed by atoms with Crippen molar-refractivity contribution < 1.29 is 9.13 Å². The van der Waals surface area contributed by atoms with Crippen LogP contribution in [0.4, 0.5) is 15.9 Å². The van der Waals surface area contributed by atoms with Gasteiger partial charge >= 0.3 is 5.69 Å². The molecular weight excluding hydrogens is 377 g/mol. The highest BCUT2D eigenvalue weighted by Crippen LogP contribution is 2.41. The molecule has 1 aliphatic heterocycles. The summed E-state index contributed by atoms with van der Waals surface area (Å²) in [5.41, 5.74) is 0.668. The lowest BCUT2D eigenvalue weighted by molar-refractivity contribution is 0.321. The van der Waals surface area contributed by atoms with E-state index in [0.29, 0.717) is 35.6 Å². The molecule has 0 amide bonds. The number of hydrogen-bond donors (Lipinski definition) is 1. The summed E-state index contributed by atoms with van der Waals surface area (Å²) in [6.07, 6.45) is 0.728. The Morgan fingerprint density at radius 2 is 2.08 bits per heavy atom. The highest BCUT2D eigenvalue weighted by atomic mass is 79.9. The van der Waals surface area contributed by atoms with Crippen molar-refractivity contribution in [2.45, 2.75) is 6.42 Å². The molecule has 0 saturated heterocycles. The zero-order valence-corrected chi connectivity index (χ0v) is 14.1. The van der Waals surface area contributed by atoms with Gasteiger partial charge in [0, 0.05) is 6.54 Å². The lowest BCUT2D eigenvalue weighted by Gasteiger charge is -2.24. The number of hydrogen-bond acceptors (Lipinski definition) is 4. The van der Waals surface area contributed by atoms with Crippen molar-refractivity contribution in [1.29, 1.82) is 0 Å². The summed E-state index contributed by atoms with van der Waals surface area (Å²) in [7, 11) is 0. The van der Waals surface area contributed by atoms with Gasteiger partial charge in [-0.25, -0.2) is 9.18 Å². The number of para-hydroxylation sites is 1. The first-order chi connectivity index (χ1) is 11.6. The Kier molecular flexibility index (Phi) is 3.72. The number of ether oxygens (including phenoxy) is 1. The lowest BCUT2D eigenvalue weighted by atomic mass is 10.2. The smallest absolute Gasteiger partial charge is 0.347 e. The van der Waals surface area contributed by atoms with E-state index in [1.807, 2.05) is 23.1 Å². The monoisotopic (exact) mass is 389 g/mol. The molecule has 7 heteroatoms. The van der Waals surface area contributed by atoms with Gasteiger partial charge in [-0.3, -0.25) is 0 Å². The molecule has 2 heterocycles. The fourth-order valence-electron chi connectivity index (χ4n) is 2.94. The van der Waals surface area contributed by atoms with Crippen LogP contribution in [-0.2, 0) is 0 Å². The molecule has 0 atom stereocenters. The molecule has 1 aromatic heterocycles. The Bertz CT molecular complexity index is 989. The number of nitrogens with zero attached hydrogens (tertiary/aromatic N) is 2. The van der Waals surface area contributed by atoms with Gasteiger partial charge in [0.15, 0.2) is 11.6 Å². The largest absolute Gasteiger partial charge is 0.490 e. The van der Waals surface area contributed by atoms with Crippen molar-refractivity contribution in [3.8, 4) is 5.75 Å². The number of fused-ring (bicyclic) bond motifs is 2. The second kappa shape index (κ2) is 5.90. The summed E-state index contributed by atoms with van der Waals surface area (Å²) >= 11 is 3.48. The van der Waals surface area contributed by atoms with E-state index >= 15 is 0 Å². The summed E-state index contributed by atoms with van der Waals surface area (Å²) in [5, 5.41) is 0.296. The standard InChI is InChI=1S/C17H13BrFN3O2/c18-10-4-1-7-13-15(10)24-9-3-8-22(13)16-14-11(19)5-2-6-12(14)20-17(23)21-16/h1-2,4-7H,3,8-9H2,(H,20,21,23). The summed E-state index contributed by atoms with van der Waals surface area (Å²) in [6, 6.07) is 10.2. The minimum absolute atomic E-state index is 0.296. The molecular formula is C17H13BrFN3O2. The molecule has 1 N–H and O–H groups in total. The van der Waals surface area contributed by atoms with Crippen LogP contribution < -0.4 is 15.3 Å². The predicted octanol–water partition coefficient (Wildman–Crippen LogP) is 3.75. The molecule has 2 aromatic carbocycles. The van der Waals surface area contributed by atoms with Crippen molar-refractivity contribution in [3.63, 3.8) is 0 Å². The Labute approximate surface area is 145 Å². The number of anilines is 2. The van der Waals surface area contributed by atoms with Crippen LogP contribution >= 0.6 is 15.9 Å². The highest BCUT2D eigenvalue weighted by molar-refractivity contribution is 9.10. The van der Waals surface area contributed by atoms with Crippen molar-refractivity contribution >= 4 is 38.3 Å². The maximum atomic E-state index is 14.5. The van der Waals surface area contributed by atoms with Crippen molar-refractivity contribution in [1.82, 2.24) is 9.97 Å². The molecule has 3 aromatic rings. The highest BCUT2D eigenvalue weighted by Gasteiger charge is 2.24. The zero-order chi connectivity index (χ0) is 16.7. The van der Waals surface area contributed by atoms with Crippen LogP contribution in [0.1, 0.15) is 6.42 Å². The van der Waals surface area contributed by atoms with Crippen LogP contribution in [0.15, 0.2) is 45.7 Å². The maximum Gasteiger partial charge on any atom is 0.347 e. The van der Waals surface area contributed by atoms with Gasteiger partial charge in [0.25, 0.3) is 0 Å². The summed E-state index contributed by atoms with van der Waals surface area (Å²) in [6.45, 7) is 1.11. The third kappa shape index (κ3) is 2.45. The van der Waals surface area contributed by atoms with E-state index in [0.717, 1.165) is 16.6 Å². The van der Waals surface area contributed by atoms with E-state index in [2.05, 4.69) is 25.9 Å².